The molecule has 1 saturated heterocycles. The Kier molecular flexibility index (Phi) is 4.38. The molecule has 1 amide bonds. The molecule has 26 heavy (non-hydrogen) atoms. The molecule has 3 aromatic rings. The van der Waals surface area contributed by atoms with Gasteiger partial charge >= 0.3 is 0 Å². The number of benzene rings is 1. The maximum atomic E-state index is 13.8. The summed E-state index contributed by atoms with van der Waals surface area (Å²) in [5.41, 5.74) is 1.04. The van der Waals surface area contributed by atoms with Crippen molar-refractivity contribution in [2.45, 2.75) is 12.3 Å². The van der Waals surface area contributed by atoms with Crippen molar-refractivity contribution in [2.75, 3.05) is 13.1 Å². The van der Waals surface area contributed by atoms with E-state index in [-0.39, 0.29) is 28.8 Å². The zero-order chi connectivity index (χ0) is 18.1. The number of pyridine rings is 1. The van der Waals surface area contributed by atoms with Crippen molar-refractivity contribution >= 4 is 17.5 Å². The fraction of sp³-hybridized carbons (Fsp3) is 0.222. The van der Waals surface area contributed by atoms with Gasteiger partial charge in [0.25, 0.3) is 0 Å². The Balaban J connectivity index is 1.38. The minimum absolute atomic E-state index is 0.0156. The first-order chi connectivity index (χ1) is 12.6. The van der Waals surface area contributed by atoms with Gasteiger partial charge in [0.05, 0.1) is 12.3 Å². The Labute approximate surface area is 153 Å². The van der Waals surface area contributed by atoms with Crippen molar-refractivity contribution in [1.29, 1.82) is 0 Å². The molecule has 8 heteroatoms. The number of carbonyl (C=O) groups is 1. The molecule has 0 unspecified atom stereocenters. The topological polar surface area (TPSA) is 72.1 Å². The second kappa shape index (κ2) is 6.84. The first kappa shape index (κ1) is 16.7. The van der Waals surface area contributed by atoms with Crippen LogP contribution in [0.25, 0.3) is 11.4 Å². The summed E-state index contributed by atoms with van der Waals surface area (Å²) in [4.78, 5) is 22.3. The highest BCUT2D eigenvalue weighted by Crippen LogP contribution is 2.29. The normalized spacial score (nSPS) is 14.3. The van der Waals surface area contributed by atoms with Gasteiger partial charge in [-0.25, -0.2) is 4.39 Å². The highest BCUT2D eigenvalue weighted by Gasteiger charge is 2.36. The molecule has 3 heterocycles. The van der Waals surface area contributed by atoms with Crippen LogP contribution in [0, 0.1) is 5.82 Å². The number of amides is 1. The zero-order valence-corrected chi connectivity index (χ0v) is 14.4. The van der Waals surface area contributed by atoms with Crippen molar-refractivity contribution in [3.8, 4) is 11.4 Å². The summed E-state index contributed by atoms with van der Waals surface area (Å²) in [6.45, 7) is 0.922. The first-order valence-electron chi connectivity index (χ1n) is 8.06. The van der Waals surface area contributed by atoms with Gasteiger partial charge in [-0.15, -0.1) is 0 Å². The molecule has 1 aliphatic heterocycles. The maximum Gasteiger partial charge on any atom is 0.233 e. The molecule has 0 atom stereocenters. The van der Waals surface area contributed by atoms with Crippen LogP contribution >= 0.6 is 11.6 Å². The van der Waals surface area contributed by atoms with E-state index in [2.05, 4.69) is 15.1 Å². The monoisotopic (exact) mass is 372 g/mol. The van der Waals surface area contributed by atoms with Crippen LogP contribution in [0.15, 0.2) is 47.2 Å². The number of likely N-dealkylation sites (tertiary alicyclic amines) is 1. The number of halogens is 2. The molecular formula is C18H14ClFN4O2. The first-order valence-corrected chi connectivity index (χ1v) is 8.44. The minimum Gasteiger partial charge on any atom is -0.341 e. The van der Waals surface area contributed by atoms with Crippen LogP contribution in [-0.4, -0.2) is 39.0 Å². The Morgan fingerprint density at radius 1 is 1.27 bits per heavy atom. The van der Waals surface area contributed by atoms with E-state index in [9.17, 15) is 9.18 Å². The van der Waals surface area contributed by atoms with E-state index in [1.165, 1.54) is 12.1 Å². The van der Waals surface area contributed by atoms with Crippen LogP contribution in [0.5, 0.6) is 0 Å². The van der Waals surface area contributed by atoms with E-state index in [1.54, 1.807) is 35.5 Å². The molecule has 6 nitrogen and oxygen atoms in total. The van der Waals surface area contributed by atoms with Crippen molar-refractivity contribution in [2.24, 2.45) is 0 Å². The Morgan fingerprint density at radius 2 is 2.04 bits per heavy atom. The number of nitrogens with zero attached hydrogens (tertiary/aromatic N) is 4. The predicted octanol–water partition coefficient (Wildman–Crippen LogP) is 3.09. The lowest BCUT2D eigenvalue weighted by Crippen LogP contribution is -2.49. The van der Waals surface area contributed by atoms with Gasteiger partial charge in [-0.2, -0.15) is 4.98 Å². The third kappa shape index (κ3) is 3.17. The van der Waals surface area contributed by atoms with Crippen molar-refractivity contribution < 1.29 is 13.7 Å². The summed E-state index contributed by atoms with van der Waals surface area (Å²) in [6, 6.07) is 7.98. The summed E-state index contributed by atoms with van der Waals surface area (Å²) in [6.07, 6.45) is 3.25. The molecule has 132 valence electrons. The lowest BCUT2D eigenvalue weighted by Gasteiger charge is -2.37. The van der Waals surface area contributed by atoms with Gasteiger partial charge in [0, 0.05) is 41.6 Å². The lowest BCUT2D eigenvalue weighted by molar-refractivity contribution is -0.135. The van der Waals surface area contributed by atoms with E-state index < -0.39 is 5.82 Å². The SMILES string of the molecule is O=C(Cc1c(F)cccc1Cl)N1CC(c2nc(-c3ccncc3)no2)C1. The molecule has 0 N–H and O–H groups in total. The second-order valence-electron chi connectivity index (χ2n) is 6.06. The summed E-state index contributed by atoms with van der Waals surface area (Å²) < 4.78 is 19.1. The van der Waals surface area contributed by atoms with Gasteiger partial charge in [-0.3, -0.25) is 9.78 Å². The molecule has 4 rings (SSSR count). The average molecular weight is 373 g/mol. The third-order valence-corrected chi connectivity index (χ3v) is 4.71. The number of carbonyl (C=O) groups excluding carboxylic acids is 1. The van der Waals surface area contributed by atoms with Gasteiger partial charge in [0.15, 0.2) is 0 Å². The minimum atomic E-state index is -0.471. The van der Waals surface area contributed by atoms with Crippen LogP contribution in [0.1, 0.15) is 17.4 Å². The molecule has 1 fully saturated rings. The fourth-order valence-corrected chi connectivity index (χ4v) is 3.05. The summed E-state index contributed by atoms with van der Waals surface area (Å²) in [7, 11) is 0. The highest BCUT2D eigenvalue weighted by molar-refractivity contribution is 6.31. The van der Waals surface area contributed by atoms with E-state index in [1.807, 2.05) is 0 Å². The zero-order valence-electron chi connectivity index (χ0n) is 13.6. The average Bonchev–Trinajstić information content (AvgIpc) is 3.07. The van der Waals surface area contributed by atoms with Gasteiger partial charge < -0.3 is 9.42 Å². The smallest absolute Gasteiger partial charge is 0.233 e. The molecule has 0 radical (unpaired) electrons. The molecule has 0 saturated carbocycles. The largest absolute Gasteiger partial charge is 0.341 e. The van der Waals surface area contributed by atoms with Crippen LogP contribution in [-0.2, 0) is 11.2 Å². The summed E-state index contributed by atoms with van der Waals surface area (Å²) in [5, 5.41) is 4.22. The van der Waals surface area contributed by atoms with Crippen LogP contribution in [0.3, 0.4) is 0 Å². The molecule has 0 bridgehead atoms. The lowest BCUT2D eigenvalue weighted by atomic mass is 9.98. The van der Waals surface area contributed by atoms with Crippen LogP contribution in [0.2, 0.25) is 5.02 Å². The predicted molar refractivity (Wildman–Crippen MR) is 92.0 cm³/mol. The van der Waals surface area contributed by atoms with Crippen LogP contribution in [0.4, 0.5) is 4.39 Å². The van der Waals surface area contributed by atoms with E-state index in [4.69, 9.17) is 16.1 Å². The summed E-state index contributed by atoms with van der Waals surface area (Å²) >= 11 is 5.98. The maximum absolute atomic E-state index is 13.8. The Hall–Kier alpha value is -2.80. The molecule has 1 aliphatic rings. The van der Waals surface area contributed by atoms with Gasteiger partial charge in [-0.05, 0) is 24.3 Å². The molecule has 1 aromatic carbocycles. The molecular weight excluding hydrogens is 359 g/mol. The quantitative estimate of drug-likeness (QED) is 0.703. The van der Waals surface area contributed by atoms with E-state index in [0.29, 0.717) is 24.8 Å². The van der Waals surface area contributed by atoms with Crippen LogP contribution < -0.4 is 0 Å². The molecule has 2 aromatic heterocycles. The van der Waals surface area contributed by atoms with E-state index >= 15 is 0 Å². The number of hydrogen-bond donors (Lipinski definition) is 0. The number of hydrogen-bond acceptors (Lipinski definition) is 5. The standard InChI is InChI=1S/C18H14ClFN4O2/c19-14-2-1-3-15(20)13(14)8-16(25)24-9-12(10-24)18-22-17(23-26-18)11-4-6-21-7-5-11/h1-7,12H,8-10H2. The Bertz CT molecular complexity index is 921. The number of rotatable bonds is 4. The fourth-order valence-electron chi connectivity index (χ4n) is 2.82. The highest BCUT2D eigenvalue weighted by atomic mass is 35.5. The van der Waals surface area contributed by atoms with Gasteiger partial charge in [0.1, 0.15) is 5.82 Å². The number of aromatic nitrogens is 3. The second-order valence-corrected chi connectivity index (χ2v) is 6.47. The summed E-state index contributed by atoms with van der Waals surface area (Å²) in [5.74, 6) is 0.317. The van der Waals surface area contributed by atoms with E-state index in [0.717, 1.165) is 5.56 Å². The molecule has 0 aliphatic carbocycles. The van der Waals surface area contributed by atoms with Crippen molar-refractivity contribution in [3.05, 3.63) is 65.0 Å². The molecule has 0 spiro atoms. The van der Waals surface area contributed by atoms with Crippen molar-refractivity contribution in [3.63, 3.8) is 0 Å². The Morgan fingerprint density at radius 3 is 2.77 bits per heavy atom. The third-order valence-electron chi connectivity index (χ3n) is 4.35. The van der Waals surface area contributed by atoms with Gasteiger partial charge in [0.2, 0.25) is 17.6 Å². The van der Waals surface area contributed by atoms with Gasteiger partial charge in [-0.1, -0.05) is 22.8 Å². The van der Waals surface area contributed by atoms with Crippen molar-refractivity contribution in [1.82, 2.24) is 20.0 Å².